The second-order valence-corrected chi connectivity index (χ2v) is 4.67. The van der Waals surface area contributed by atoms with Gasteiger partial charge in [0.2, 0.25) is 0 Å². The first kappa shape index (κ1) is 15.7. The van der Waals surface area contributed by atoms with Crippen molar-refractivity contribution in [3.63, 3.8) is 0 Å². The molecule has 1 N–H and O–H groups in total. The van der Waals surface area contributed by atoms with Gasteiger partial charge in [0.1, 0.15) is 5.75 Å². The third-order valence-corrected chi connectivity index (χ3v) is 3.12. The SMILES string of the molecule is COc1cc(C)c(NC(=O)COc2ccccc2)cc1OC. The normalized spacial score (nSPS) is 9.95. The molecule has 0 spiro atoms. The monoisotopic (exact) mass is 301 g/mol. The van der Waals surface area contributed by atoms with Gasteiger partial charge in [0.05, 0.1) is 14.2 Å². The molecular formula is C17H19NO4. The molecule has 0 aliphatic rings. The Morgan fingerprint density at radius 3 is 2.32 bits per heavy atom. The van der Waals surface area contributed by atoms with Crippen molar-refractivity contribution >= 4 is 11.6 Å². The van der Waals surface area contributed by atoms with Gasteiger partial charge < -0.3 is 19.5 Å². The Bertz CT molecular complexity index is 641. The smallest absolute Gasteiger partial charge is 0.262 e. The fourth-order valence-electron chi connectivity index (χ4n) is 1.97. The molecule has 0 radical (unpaired) electrons. The molecule has 22 heavy (non-hydrogen) atoms. The minimum absolute atomic E-state index is 0.0577. The number of carbonyl (C=O) groups is 1. The van der Waals surface area contributed by atoms with E-state index < -0.39 is 0 Å². The van der Waals surface area contributed by atoms with E-state index in [1.807, 2.05) is 31.2 Å². The first-order valence-corrected chi connectivity index (χ1v) is 6.84. The molecule has 0 aliphatic heterocycles. The maximum Gasteiger partial charge on any atom is 0.262 e. The van der Waals surface area contributed by atoms with Crippen LogP contribution < -0.4 is 19.5 Å². The van der Waals surface area contributed by atoms with Gasteiger partial charge in [-0.05, 0) is 30.7 Å². The lowest BCUT2D eigenvalue weighted by molar-refractivity contribution is -0.118. The van der Waals surface area contributed by atoms with E-state index in [1.165, 1.54) is 0 Å². The van der Waals surface area contributed by atoms with Gasteiger partial charge in [-0.25, -0.2) is 0 Å². The predicted molar refractivity (Wildman–Crippen MR) is 84.8 cm³/mol. The van der Waals surface area contributed by atoms with E-state index in [4.69, 9.17) is 14.2 Å². The highest BCUT2D eigenvalue weighted by Crippen LogP contribution is 2.32. The highest BCUT2D eigenvalue weighted by molar-refractivity contribution is 5.93. The Kier molecular flexibility index (Phi) is 5.25. The molecule has 5 nitrogen and oxygen atoms in total. The molecule has 2 aromatic carbocycles. The van der Waals surface area contributed by atoms with Crippen LogP contribution in [0.3, 0.4) is 0 Å². The lowest BCUT2D eigenvalue weighted by Crippen LogP contribution is -2.20. The van der Waals surface area contributed by atoms with Crippen LogP contribution >= 0.6 is 0 Å². The molecule has 0 saturated carbocycles. The van der Waals surface area contributed by atoms with Gasteiger partial charge in [0.15, 0.2) is 18.1 Å². The van der Waals surface area contributed by atoms with E-state index in [9.17, 15) is 4.79 Å². The Balaban J connectivity index is 2.02. The summed E-state index contributed by atoms with van der Waals surface area (Å²) in [7, 11) is 3.13. The number of nitrogens with one attached hydrogen (secondary N) is 1. The second-order valence-electron chi connectivity index (χ2n) is 4.67. The van der Waals surface area contributed by atoms with Gasteiger partial charge in [-0.2, -0.15) is 0 Å². The summed E-state index contributed by atoms with van der Waals surface area (Å²) in [5, 5.41) is 2.81. The molecular weight excluding hydrogens is 282 g/mol. The van der Waals surface area contributed by atoms with Crippen molar-refractivity contribution in [2.75, 3.05) is 26.1 Å². The van der Waals surface area contributed by atoms with Crippen LogP contribution in [0, 0.1) is 6.92 Å². The maximum atomic E-state index is 12.0. The zero-order chi connectivity index (χ0) is 15.9. The average molecular weight is 301 g/mol. The van der Waals surface area contributed by atoms with E-state index in [2.05, 4.69) is 5.32 Å². The van der Waals surface area contributed by atoms with E-state index in [0.717, 1.165) is 5.56 Å². The summed E-state index contributed by atoms with van der Waals surface area (Å²) < 4.78 is 15.9. The largest absolute Gasteiger partial charge is 0.493 e. The third kappa shape index (κ3) is 3.91. The number of amides is 1. The molecule has 2 rings (SSSR count). The van der Waals surface area contributed by atoms with Gasteiger partial charge in [-0.3, -0.25) is 4.79 Å². The number of para-hydroxylation sites is 1. The molecule has 0 heterocycles. The fraction of sp³-hybridized carbons (Fsp3) is 0.235. The molecule has 1 amide bonds. The van der Waals surface area contributed by atoms with E-state index >= 15 is 0 Å². The topological polar surface area (TPSA) is 56.8 Å². The Hall–Kier alpha value is -2.69. The molecule has 2 aromatic rings. The van der Waals surface area contributed by atoms with Crippen molar-refractivity contribution in [3.05, 3.63) is 48.0 Å². The molecule has 0 saturated heterocycles. The van der Waals surface area contributed by atoms with Crippen molar-refractivity contribution in [2.24, 2.45) is 0 Å². The lowest BCUT2D eigenvalue weighted by atomic mass is 10.1. The number of hydrogen-bond acceptors (Lipinski definition) is 4. The number of aryl methyl sites for hydroxylation is 1. The summed E-state index contributed by atoms with van der Waals surface area (Å²) in [6.45, 7) is 1.83. The first-order chi connectivity index (χ1) is 10.6. The minimum atomic E-state index is -0.237. The minimum Gasteiger partial charge on any atom is -0.493 e. The number of rotatable bonds is 6. The van der Waals surface area contributed by atoms with Crippen LogP contribution in [-0.4, -0.2) is 26.7 Å². The average Bonchev–Trinajstić information content (AvgIpc) is 2.55. The number of methoxy groups -OCH3 is 2. The highest BCUT2D eigenvalue weighted by Gasteiger charge is 2.11. The van der Waals surface area contributed by atoms with Gasteiger partial charge in [0, 0.05) is 11.8 Å². The second kappa shape index (κ2) is 7.36. The van der Waals surface area contributed by atoms with Crippen LogP contribution in [-0.2, 0) is 4.79 Å². The van der Waals surface area contributed by atoms with Gasteiger partial charge >= 0.3 is 0 Å². The summed E-state index contributed by atoms with van der Waals surface area (Å²) in [6, 6.07) is 12.7. The zero-order valence-electron chi connectivity index (χ0n) is 12.9. The predicted octanol–water partition coefficient (Wildman–Crippen LogP) is 3.03. The van der Waals surface area contributed by atoms with Crippen molar-refractivity contribution in [1.29, 1.82) is 0 Å². The maximum absolute atomic E-state index is 12.0. The third-order valence-electron chi connectivity index (χ3n) is 3.12. The molecule has 116 valence electrons. The summed E-state index contributed by atoms with van der Waals surface area (Å²) in [4.78, 5) is 12.0. The van der Waals surface area contributed by atoms with Gasteiger partial charge in [-0.1, -0.05) is 18.2 Å². The fourth-order valence-corrected chi connectivity index (χ4v) is 1.97. The number of carbonyl (C=O) groups excluding carboxylic acids is 1. The summed E-state index contributed by atoms with van der Waals surface area (Å²) >= 11 is 0. The van der Waals surface area contributed by atoms with Crippen molar-refractivity contribution in [3.8, 4) is 17.2 Å². The summed E-state index contributed by atoms with van der Waals surface area (Å²) in [6.07, 6.45) is 0. The number of ether oxygens (including phenoxy) is 3. The Morgan fingerprint density at radius 1 is 1.05 bits per heavy atom. The van der Waals surface area contributed by atoms with Gasteiger partial charge in [0.25, 0.3) is 5.91 Å². The number of hydrogen-bond donors (Lipinski definition) is 1. The lowest BCUT2D eigenvalue weighted by Gasteiger charge is -2.14. The highest BCUT2D eigenvalue weighted by atomic mass is 16.5. The van der Waals surface area contributed by atoms with Crippen LogP contribution in [0.15, 0.2) is 42.5 Å². The number of anilines is 1. The first-order valence-electron chi connectivity index (χ1n) is 6.84. The van der Waals surface area contributed by atoms with Crippen molar-refractivity contribution < 1.29 is 19.0 Å². The molecule has 0 aliphatic carbocycles. The standard InChI is InChI=1S/C17H19NO4/c1-12-9-15(20-2)16(21-3)10-14(12)18-17(19)11-22-13-7-5-4-6-8-13/h4-10H,11H2,1-3H3,(H,18,19). The van der Waals surface area contributed by atoms with E-state index in [-0.39, 0.29) is 12.5 Å². The summed E-state index contributed by atoms with van der Waals surface area (Å²) in [5.41, 5.74) is 1.55. The van der Waals surface area contributed by atoms with Crippen LogP contribution in [0.1, 0.15) is 5.56 Å². The van der Waals surface area contributed by atoms with E-state index in [0.29, 0.717) is 22.9 Å². The molecule has 0 aromatic heterocycles. The van der Waals surface area contributed by atoms with Crippen LogP contribution in [0.25, 0.3) is 0 Å². The Morgan fingerprint density at radius 2 is 1.68 bits per heavy atom. The zero-order valence-corrected chi connectivity index (χ0v) is 12.9. The van der Waals surface area contributed by atoms with Crippen LogP contribution in [0.5, 0.6) is 17.2 Å². The molecule has 5 heteroatoms. The van der Waals surface area contributed by atoms with Crippen molar-refractivity contribution in [1.82, 2.24) is 0 Å². The van der Waals surface area contributed by atoms with Crippen molar-refractivity contribution in [2.45, 2.75) is 6.92 Å². The molecule has 0 atom stereocenters. The van der Waals surface area contributed by atoms with Gasteiger partial charge in [-0.15, -0.1) is 0 Å². The quantitative estimate of drug-likeness (QED) is 0.891. The van der Waals surface area contributed by atoms with Crippen LogP contribution in [0.4, 0.5) is 5.69 Å². The number of benzene rings is 2. The molecule has 0 unspecified atom stereocenters. The van der Waals surface area contributed by atoms with Crippen LogP contribution in [0.2, 0.25) is 0 Å². The molecule has 0 fully saturated rings. The van der Waals surface area contributed by atoms with E-state index in [1.54, 1.807) is 32.4 Å². The molecule has 0 bridgehead atoms. The summed E-state index contributed by atoms with van der Waals surface area (Å²) in [5.74, 6) is 1.60. The Labute approximate surface area is 129 Å².